The van der Waals surface area contributed by atoms with Crippen molar-refractivity contribution in [2.24, 2.45) is 0 Å². The average molecular weight is 332 g/mol. The SMILES string of the molecule is CC[C@H](c1n[nH]c(Cc2ccccc2)n1)N1Cc2ccccc2C1=O. The van der Waals surface area contributed by atoms with Crippen molar-refractivity contribution in [3.8, 4) is 0 Å². The number of rotatable bonds is 5. The van der Waals surface area contributed by atoms with E-state index in [0.717, 1.165) is 23.4 Å². The van der Waals surface area contributed by atoms with Gasteiger partial charge in [0.05, 0.1) is 6.04 Å². The zero-order valence-corrected chi connectivity index (χ0v) is 14.1. The molecule has 5 heteroatoms. The number of hydrogen-bond acceptors (Lipinski definition) is 3. The van der Waals surface area contributed by atoms with E-state index in [1.165, 1.54) is 5.56 Å². The number of amides is 1. The number of carbonyl (C=O) groups is 1. The zero-order valence-electron chi connectivity index (χ0n) is 14.1. The molecule has 1 N–H and O–H groups in total. The van der Waals surface area contributed by atoms with E-state index in [1.807, 2.05) is 47.4 Å². The Morgan fingerprint density at radius 2 is 1.88 bits per heavy atom. The molecule has 1 aliphatic rings. The first-order valence-corrected chi connectivity index (χ1v) is 8.60. The number of aromatic amines is 1. The van der Waals surface area contributed by atoms with Gasteiger partial charge in [-0.15, -0.1) is 0 Å². The van der Waals surface area contributed by atoms with Crippen LogP contribution in [-0.2, 0) is 13.0 Å². The zero-order chi connectivity index (χ0) is 17.2. The van der Waals surface area contributed by atoms with E-state index in [2.05, 4.69) is 34.2 Å². The molecule has 1 aromatic heterocycles. The number of nitrogens with one attached hydrogen (secondary N) is 1. The van der Waals surface area contributed by atoms with E-state index in [-0.39, 0.29) is 11.9 Å². The predicted octanol–water partition coefficient (Wildman–Crippen LogP) is 3.50. The number of benzene rings is 2. The van der Waals surface area contributed by atoms with Crippen molar-refractivity contribution in [2.75, 3.05) is 0 Å². The summed E-state index contributed by atoms with van der Waals surface area (Å²) in [5.41, 5.74) is 3.05. The summed E-state index contributed by atoms with van der Waals surface area (Å²) in [4.78, 5) is 19.3. The van der Waals surface area contributed by atoms with Crippen LogP contribution in [0, 0.1) is 0 Å². The molecule has 0 fully saturated rings. The minimum absolute atomic E-state index is 0.0665. The minimum atomic E-state index is -0.110. The maximum absolute atomic E-state index is 12.7. The molecular weight excluding hydrogens is 312 g/mol. The predicted molar refractivity (Wildman–Crippen MR) is 95.0 cm³/mol. The van der Waals surface area contributed by atoms with Crippen molar-refractivity contribution in [1.82, 2.24) is 20.1 Å². The van der Waals surface area contributed by atoms with Gasteiger partial charge < -0.3 is 4.90 Å². The van der Waals surface area contributed by atoms with Crippen LogP contribution in [-0.4, -0.2) is 26.0 Å². The van der Waals surface area contributed by atoms with E-state index < -0.39 is 0 Å². The van der Waals surface area contributed by atoms with Crippen LogP contribution in [0.3, 0.4) is 0 Å². The number of aromatic nitrogens is 3. The Kier molecular flexibility index (Phi) is 4.06. The molecule has 0 spiro atoms. The van der Waals surface area contributed by atoms with E-state index in [9.17, 15) is 4.79 Å². The number of nitrogens with zero attached hydrogens (tertiary/aromatic N) is 3. The van der Waals surface area contributed by atoms with Crippen LogP contribution >= 0.6 is 0 Å². The van der Waals surface area contributed by atoms with Gasteiger partial charge in [0, 0.05) is 18.5 Å². The second kappa shape index (κ2) is 6.51. The third kappa shape index (κ3) is 2.93. The number of fused-ring (bicyclic) bond motifs is 1. The van der Waals surface area contributed by atoms with Gasteiger partial charge in [0.1, 0.15) is 5.82 Å². The normalized spacial score (nSPS) is 14.6. The molecule has 0 aliphatic carbocycles. The lowest BCUT2D eigenvalue weighted by Crippen LogP contribution is -2.29. The van der Waals surface area contributed by atoms with Crippen LogP contribution in [0.25, 0.3) is 0 Å². The third-order valence-corrected chi connectivity index (χ3v) is 4.67. The smallest absolute Gasteiger partial charge is 0.255 e. The summed E-state index contributed by atoms with van der Waals surface area (Å²) < 4.78 is 0. The fourth-order valence-corrected chi connectivity index (χ4v) is 3.40. The molecule has 4 rings (SSSR count). The van der Waals surface area contributed by atoms with Crippen LogP contribution in [0.15, 0.2) is 54.6 Å². The number of carbonyl (C=O) groups excluding carboxylic acids is 1. The molecule has 3 aromatic rings. The molecule has 0 unspecified atom stereocenters. The Balaban J connectivity index is 1.56. The molecular formula is C20H20N4O. The summed E-state index contributed by atoms with van der Waals surface area (Å²) >= 11 is 0. The first kappa shape index (κ1) is 15.6. The van der Waals surface area contributed by atoms with Crippen molar-refractivity contribution in [3.05, 3.63) is 82.9 Å². The lowest BCUT2D eigenvalue weighted by molar-refractivity contribution is 0.0687. The topological polar surface area (TPSA) is 61.9 Å². The van der Waals surface area contributed by atoms with Gasteiger partial charge >= 0.3 is 0 Å². The lowest BCUT2D eigenvalue weighted by Gasteiger charge is -2.24. The summed E-state index contributed by atoms with van der Waals surface area (Å²) in [5, 5.41) is 7.42. The first-order valence-electron chi connectivity index (χ1n) is 8.60. The summed E-state index contributed by atoms with van der Waals surface area (Å²) in [6, 6.07) is 17.8. The van der Waals surface area contributed by atoms with Gasteiger partial charge in [-0.2, -0.15) is 5.10 Å². The standard InChI is InChI=1S/C20H20N4O/c1-2-17(24-13-15-10-6-7-11-16(15)20(24)25)19-21-18(22-23-19)12-14-8-4-3-5-9-14/h3-11,17H,2,12-13H2,1H3,(H,21,22,23)/t17-/m1/s1. The van der Waals surface area contributed by atoms with Gasteiger partial charge in [-0.1, -0.05) is 55.5 Å². The van der Waals surface area contributed by atoms with Crippen molar-refractivity contribution in [3.63, 3.8) is 0 Å². The summed E-state index contributed by atoms with van der Waals surface area (Å²) in [6.07, 6.45) is 1.49. The number of hydrogen-bond donors (Lipinski definition) is 1. The van der Waals surface area contributed by atoms with Crippen LogP contribution < -0.4 is 0 Å². The van der Waals surface area contributed by atoms with Gasteiger partial charge in [0.25, 0.3) is 5.91 Å². The van der Waals surface area contributed by atoms with Gasteiger partial charge in [0.15, 0.2) is 5.82 Å². The van der Waals surface area contributed by atoms with Crippen molar-refractivity contribution < 1.29 is 4.79 Å². The van der Waals surface area contributed by atoms with Gasteiger partial charge in [-0.25, -0.2) is 4.98 Å². The van der Waals surface area contributed by atoms with Crippen LogP contribution in [0.1, 0.15) is 52.5 Å². The monoisotopic (exact) mass is 332 g/mol. The molecule has 2 heterocycles. The maximum atomic E-state index is 12.7. The van der Waals surface area contributed by atoms with Crippen molar-refractivity contribution in [1.29, 1.82) is 0 Å². The van der Waals surface area contributed by atoms with E-state index in [1.54, 1.807) is 0 Å². The highest BCUT2D eigenvalue weighted by Gasteiger charge is 2.34. The van der Waals surface area contributed by atoms with Crippen LogP contribution in [0.4, 0.5) is 0 Å². The maximum Gasteiger partial charge on any atom is 0.255 e. The molecule has 2 aromatic carbocycles. The Labute approximate surface area is 146 Å². The molecule has 1 atom stereocenters. The first-order chi connectivity index (χ1) is 12.3. The molecule has 126 valence electrons. The van der Waals surface area contributed by atoms with Gasteiger partial charge in [-0.3, -0.25) is 9.89 Å². The molecule has 1 amide bonds. The Hall–Kier alpha value is -2.95. The Bertz CT molecular complexity index is 887. The van der Waals surface area contributed by atoms with Crippen molar-refractivity contribution in [2.45, 2.75) is 32.4 Å². The quantitative estimate of drug-likeness (QED) is 0.778. The van der Waals surface area contributed by atoms with Crippen LogP contribution in [0.2, 0.25) is 0 Å². The fraction of sp³-hybridized carbons (Fsp3) is 0.250. The summed E-state index contributed by atoms with van der Waals surface area (Å²) in [5.74, 6) is 1.58. The third-order valence-electron chi connectivity index (χ3n) is 4.67. The molecule has 0 bridgehead atoms. The second-order valence-corrected chi connectivity index (χ2v) is 6.32. The number of H-pyrrole nitrogens is 1. The second-order valence-electron chi connectivity index (χ2n) is 6.32. The molecule has 25 heavy (non-hydrogen) atoms. The van der Waals surface area contributed by atoms with E-state index in [4.69, 9.17) is 0 Å². The highest BCUT2D eigenvalue weighted by molar-refractivity contribution is 5.98. The van der Waals surface area contributed by atoms with Crippen molar-refractivity contribution >= 4 is 5.91 Å². The molecule has 0 radical (unpaired) electrons. The van der Waals surface area contributed by atoms with Crippen LogP contribution in [0.5, 0.6) is 0 Å². The highest BCUT2D eigenvalue weighted by Crippen LogP contribution is 2.31. The lowest BCUT2D eigenvalue weighted by atomic mass is 10.1. The molecule has 5 nitrogen and oxygen atoms in total. The Morgan fingerprint density at radius 1 is 1.12 bits per heavy atom. The van der Waals surface area contributed by atoms with E-state index >= 15 is 0 Å². The Morgan fingerprint density at radius 3 is 2.64 bits per heavy atom. The van der Waals surface area contributed by atoms with E-state index in [0.29, 0.717) is 18.8 Å². The molecule has 0 saturated heterocycles. The molecule has 0 saturated carbocycles. The van der Waals surface area contributed by atoms with Gasteiger partial charge in [0.2, 0.25) is 0 Å². The largest absolute Gasteiger partial charge is 0.324 e. The van der Waals surface area contributed by atoms with Gasteiger partial charge in [-0.05, 0) is 23.6 Å². The summed E-state index contributed by atoms with van der Waals surface area (Å²) in [7, 11) is 0. The highest BCUT2D eigenvalue weighted by atomic mass is 16.2. The fourth-order valence-electron chi connectivity index (χ4n) is 3.40. The average Bonchev–Trinajstić information content (AvgIpc) is 3.23. The minimum Gasteiger partial charge on any atom is -0.324 e. The molecule has 1 aliphatic heterocycles. The summed E-state index contributed by atoms with van der Waals surface area (Å²) in [6.45, 7) is 2.68.